The van der Waals surface area contributed by atoms with Gasteiger partial charge in [0.1, 0.15) is 29.5 Å². The number of hydrogen-bond acceptors (Lipinski definition) is 4. The van der Waals surface area contributed by atoms with Crippen LogP contribution < -0.4 is 15.0 Å². The highest BCUT2D eigenvalue weighted by atomic mass is 19.1. The lowest BCUT2D eigenvalue weighted by Gasteiger charge is -2.23. The summed E-state index contributed by atoms with van der Waals surface area (Å²) in [7, 11) is 1.32. The van der Waals surface area contributed by atoms with Gasteiger partial charge >= 0.3 is 6.09 Å². The summed E-state index contributed by atoms with van der Waals surface area (Å²) in [5.74, 6) is -1.90. The molecule has 0 saturated carbocycles. The number of hydrogen-bond donors (Lipinski definition) is 1. The molecule has 0 heterocycles. The van der Waals surface area contributed by atoms with Crippen LogP contribution in [0.25, 0.3) is 0 Å². The maximum absolute atomic E-state index is 13.9. The third-order valence-electron chi connectivity index (χ3n) is 2.76. The number of halogens is 2. The van der Waals surface area contributed by atoms with Gasteiger partial charge in [-0.3, -0.25) is 4.79 Å². The summed E-state index contributed by atoms with van der Waals surface area (Å²) in [6, 6.07) is 1.14. The van der Waals surface area contributed by atoms with Crippen LogP contribution in [0.3, 0.4) is 0 Å². The Balaban J connectivity index is 2.76. The Kier molecular flexibility index (Phi) is 6.51. The molecule has 8 heteroatoms. The van der Waals surface area contributed by atoms with Crippen molar-refractivity contribution in [3.8, 4) is 5.75 Å². The van der Waals surface area contributed by atoms with Gasteiger partial charge in [0.25, 0.3) is 0 Å². The van der Waals surface area contributed by atoms with E-state index in [0.29, 0.717) is 12.5 Å². The lowest BCUT2D eigenvalue weighted by molar-refractivity contribution is -0.107. The van der Waals surface area contributed by atoms with Crippen LogP contribution in [0.4, 0.5) is 19.3 Å². The zero-order valence-corrected chi connectivity index (χ0v) is 14.4. The highest BCUT2D eigenvalue weighted by Crippen LogP contribution is 2.31. The van der Waals surface area contributed by atoms with Crippen molar-refractivity contribution in [3.05, 3.63) is 23.8 Å². The lowest BCUT2D eigenvalue weighted by atomic mass is 10.2. The van der Waals surface area contributed by atoms with Gasteiger partial charge in [0.15, 0.2) is 5.82 Å². The van der Waals surface area contributed by atoms with Crippen molar-refractivity contribution in [1.29, 1.82) is 0 Å². The molecule has 0 fully saturated rings. The zero-order valence-electron chi connectivity index (χ0n) is 14.4. The second-order valence-corrected chi connectivity index (χ2v) is 6.31. The quantitative estimate of drug-likeness (QED) is 0.806. The first-order valence-corrected chi connectivity index (χ1v) is 7.33. The fraction of sp³-hybridized carbons (Fsp3) is 0.500. The lowest BCUT2D eigenvalue weighted by Crippen LogP contribution is -2.40. The first-order chi connectivity index (χ1) is 11.0. The van der Waals surface area contributed by atoms with Gasteiger partial charge in [-0.1, -0.05) is 0 Å². The molecule has 0 spiro atoms. The summed E-state index contributed by atoms with van der Waals surface area (Å²) in [6.07, 6.45) is -0.250. The van der Waals surface area contributed by atoms with Gasteiger partial charge in [-0.15, -0.1) is 0 Å². The topological polar surface area (TPSA) is 67.9 Å². The first kappa shape index (κ1) is 19.7. The second kappa shape index (κ2) is 7.94. The van der Waals surface area contributed by atoms with Crippen molar-refractivity contribution < 1.29 is 27.8 Å². The van der Waals surface area contributed by atoms with E-state index < -0.39 is 29.4 Å². The molecule has 0 bridgehead atoms. The maximum Gasteiger partial charge on any atom is 0.407 e. The average Bonchev–Trinajstić information content (AvgIpc) is 2.41. The molecule has 1 atom stereocenters. The second-order valence-electron chi connectivity index (χ2n) is 6.31. The van der Waals surface area contributed by atoms with Crippen molar-refractivity contribution in [1.82, 2.24) is 5.32 Å². The minimum absolute atomic E-state index is 0.0676. The van der Waals surface area contributed by atoms with Crippen LogP contribution in [-0.4, -0.2) is 37.8 Å². The van der Waals surface area contributed by atoms with E-state index in [-0.39, 0.29) is 18.0 Å². The molecule has 6 nitrogen and oxygen atoms in total. The number of rotatable bonds is 6. The fourth-order valence-corrected chi connectivity index (χ4v) is 1.81. The van der Waals surface area contributed by atoms with Gasteiger partial charge in [-0.05, 0) is 27.7 Å². The molecule has 1 N–H and O–H groups in total. The van der Waals surface area contributed by atoms with E-state index in [0.717, 1.165) is 11.0 Å². The van der Waals surface area contributed by atoms with Crippen LogP contribution >= 0.6 is 0 Å². The summed E-state index contributed by atoms with van der Waals surface area (Å²) in [4.78, 5) is 23.4. The number of amides is 2. The van der Waals surface area contributed by atoms with Crippen LogP contribution in [0.1, 0.15) is 27.7 Å². The third kappa shape index (κ3) is 6.02. The minimum Gasteiger partial charge on any atom is -0.489 e. The number of anilines is 1. The average molecular weight is 344 g/mol. The molecule has 0 saturated heterocycles. The molecule has 1 unspecified atom stereocenters. The SMILES string of the molecule is CC(COc1cc(F)cc(F)c1N(C)C=O)NC(=O)OC(C)(C)C. The van der Waals surface area contributed by atoms with E-state index in [1.807, 2.05) is 0 Å². The van der Waals surface area contributed by atoms with E-state index in [2.05, 4.69) is 5.32 Å². The van der Waals surface area contributed by atoms with E-state index in [4.69, 9.17) is 9.47 Å². The molecule has 0 aliphatic rings. The number of nitrogens with zero attached hydrogens (tertiary/aromatic N) is 1. The number of carbonyl (C=O) groups is 2. The summed E-state index contributed by atoms with van der Waals surface area (Å²) in [5.41, 5.74) is -0.827. The van der Waals surface area contributed by atoms with Crippen molar-refractivity contribution in [2.24, 2.45) is 0 Å². The minimum atomic E-state index is -0.924. The molecule has 0 radical (unpaired) electrons. The Morgan fingerprint density at radius 1 is 1.38 bits per heavy atom. The molecular formula is C16H22F2N2O4. The molecule has 24 heavy (non-hydrogen) atoms. The fourth-order valence-electron chi connectivity index (χ4n) is 1.81. The highest BCUT2D eigenvalue weighted by Gasteiger charge is 2.20. The Hall–Kier alpha value is -2.38. The third-order valence-corrected chi connectivity index (χ3v) is 2.76. The van der Waals surface area contributed by atoms with E-state index in [1.165, 1.54) is 7.05 Å². The normalized spacial score (nSPS) is 12.3. The monoisotopic (exact) mass is 344 g/mol. The van der Waals surface area contributed by atoms with Crippen molar-refractivity contribution in [2.45, 2.75) is 39.3 Å². The summed E-state index contributed by atoms with van der Waals surface area (Å²) in [5, 5.41) is 2.54. The zero-order chi connectivity index (χ0) is 18.5. The van der Waals surface area contributed by atoms with E-state index >= 15 is 0 Å². The predicted molar refractivity (Wildman–Crippen MR) is 85.2 cm³/mol. The first-order valence-electron chi connectivity index (χ1n) is 7.33. The molecule has 1 aromatic rings. The summed E-state index contributed by atoms with van der Waals surface area (Å²) in [6.45, 7) is 6.75. The number of alkyl carbamates (subject to hydrolysis) is 1. The van der Waals surface area contributed by atoms with Crippen molar-refractivity contribution in [3.63, 3.8) is 0 Å². The van der Waals surface area contributed by atoms with E-state index in [9.17, 15) is 18.4 Å². The van der Waals surface area contributed by atoms with Crippen molar-refractivity contribution in [2.75, 3.05) is 18.6 Å². The van der Waals surface area contributed by atoms with E-state index in [1.54, 1.807) is 27.7 Å². The molecule has 0 aliphatic carbocycles. The van der Waals surface area contributed by atoms with Crippen molar-refractivity contribution >= 4 is 18.2 Å². The number of benzene rings is 1. The molecular weight excluding hydrogens is 322 g/mol. The van der Waals surface area contributed by atoms with Gasteiger partial charge in [0, 0.05) is 19.2 Å². The highest BCUT2D eigenvalue weighted by molar-refractivity contribution is 5.78. The Bertz CT molecular complexity index is 602. The van der Waals surface area contributed by atoms with Crippen LogP contribution in [-0.2, 0) is 9.53 Å². The molecule has 1 rings (SSSR count). The number of carbonyl (C=O) groups excluding carboxylic acids is 2. The standard InChI is InChI=1S/C16H22F2N2O4/c1-10(19-15(22)24-16(2,3)4)8-23-13-7-11(17)6-12(18)14(13)20(5)9-21/h6-7,9-10H,8H2,1-5H3,(H,19,22). The predicted octanol–water partition coefficient (Wildman–Crippen LogP) is 2.85. The molecule has 0 aliphatic heterocycles. The van der Waals surface area contributed by atoms with Gasteiger partial charge in [0.2, 0.25) is 6.41 Å². The van der Waals surface area contributed by atoms with Crippen LogP contribution in [0, 0.1) is 11.6 Å². The van der Waals surface area contributed by atoms with Gasteiger partial charge in [0.05, 0.1) is 6.04 Å². The van der Waals surface area contributed by atoms with Gasteiger partial charge in [-0.25, -0.2) is 13.6 Å². The maximum atomic E-state index is 13.9. The Morgan fingerprint density at radius 3 is 2.54 bits per heavy atom. The van der Waals surface area contributed by atoms with Gasteiger partial charge < -0.3 is 19.7 Å². The van der Waals surface area contributed by atoms with Crippen LogP contribution in [0.2, 0.25) is 0 Å². The molecule has 1 aromatic carbocycles. The molecule has 2 amide bonds. The summed E-state index contributed by atoms with van der Waals surface area (Å²) < 4.78 is 37.7. The Morgan fingerprint density at radius 2 is 2.00 bits per heavy atom. The molecule has 0 aromatic heterocycles. The van der Waals surface area contributed by atoms with Crippen LogP contribution in [0.15, 0.2) is 12.1 Å². The Labute approximate surface area is 139 Å². The van der Waals surface area contributed by atoms with Gasteiger partial charge in [-0.2, -0.15) is 0 Å². The number of ether oxygens (including phenoxy) is 2. The van der Waals surface area contributed by atoms with Crippen LogP contribution in [0.5, 0.6) is 5.75 Å². The largest absolute Gasteiger partial charge is 0.489 e. The number of nitrogens with one attached hydrogen (secondary N) is 1. The molecule has 134 valence electrons. The summed E-state index contributed by atoms with van der Waals surface area (Å²) >= 11 is 0. The smallest absolute Gasteiger partial charge is 0.407 e.